The fraction of sp³-hybridized carbons (Fsp3) is 0.625. The number of carbonyl (C=O) groups excluding carboxylic acids is 3. The van der Waals surface area contributed by atoms with Crippen LogP contribution in [0.15, 0.2) is 18.2 Å². The number of nitrogens with one attached hydrogen (secondary N) is 1. The van der Waals surface area contributed by atoms with Crippen molar-refractivity contribution in [3.05, 3.63) is 23.8 Å². The van der Waals surface area contributed by atoms with Crippen LogP contribution < -0.4 is 15.1 Å². The summed E-state index contributed by atoms with van der Waals surface area (Å²) in [4.78, 5) is 42.7. The molecule has 0 radical (unpaired) electrons. The molecule has 2 fully saturated rings. The summed E-state index contributed by atoms with van der Waals surface area (Å²) in [7, 11) is 1.83. The summed E-state index contributed by atoms with van der Waals surface area (Å²) in [6.07, 6.45) is 3.35. The number of hydrogen-bond donors (Lipinski definition) is 1. The molecule has 4 rings (SSSR count). The van der Waals surface area contributed by atoms with Gasteiger partial charge in [-0.05, 0) is 58.6 Å². The molecule has 0 saturated carbocycles. The Morgan fingerprint density at radius 3 is 2.41 bits per heavy atom. The van der Waals surface area contributed by atoms with Crippen LogP contribution in [0.5, 0.6) is 0 Å². The molecule has 0 aromatic heterocycles. The number of anilines is 2. The van der Waals surface area contributed by atoms with Gasteiger partial charge in [0.1, 0.15) is 11.6 Å². The van der Waals surface area contributed by atoms with Gasteiger partial charge in [-0.2, -0.15) is 0 Å². The molecule has 8 heteroatoms. The number of piperidine rings is 2. The van der Waals surface area contributed by atoms with Gasteiger partial charge in [0.15, 0.2) is 0 Å². The standard InChI is InChI=1S/C24H34N4O4/c1-24(2,3)32-23(31)26(4)16-10-13-27(14-11-16)18-6-5-7-19-17(18)12-15-28(19)20-8-9-21(29)25-22(20)30/h5-7,16,20H,8-15H2,1-4H3,(H,25,29,30)/t20-/m0/s1. The fourth-order valence-electron chi connectivity index (χ4n) is 5.02. The molecule has 1 aromatic carbocycles. The predicted octanol–water partition coefficient (Wildman–Crippen LogP) is 2.69. The van der Waals surface area contributed by atoms with Crippen molar-refractivity contribution in [1.29, 1.82) is 0 Å². The third-order valence-corrected chi connectivity index (χ3v) is 6.66. The van der Waals surface area contributed by atoms with Crippen LogP contribution in [0.3, 0.4) is 0 Å². The van der Waals surface area contributed by atoms with Gasteiger partial charge in [0.25, 0.3) is 0 Å². The van der Waals surface area contributed by atoms with Gasteiger partial charge in [-0.15, -0.1) is 0 Å². The van der Waals surface area contributed by atoms with Crippen molar-refractivity contribution in [2.45, 2.75) is 70.6 Å². The first-order valence-electron chi connectivity index (χ1n) is 11.6. The Morgan fingerprint density at radius 1 is 1.06 bits per heavy atom. The van der Waals surface area contributed by atoms with Crippen molar-refractivity contribution in [3.63, 3.8) is 0 Å². The molecular formula is C24H34N4O4. The number of ether oxygens (including phenoxy) is 1. The molecule has 3 amide bonds. The second-order valence-corrected chi connectivity index (χ2v) is 9.99. The Morgan fingerprint density at radius 2 is 1.75 bits per heavy atom. The van der Waals surface area contributed by atoms with Gasteiger partial charge >= 0.3 is 6.09 Å². The highest BCUT2D eigenvalue weighted by molar-refractivity contribution is 6.02. The Hall–Kier alpha value is -2.77. The van der Waals surface area contributed by atoms with Crippen LogP contribution in [0.2, 0.25) is 0 Å². The van der Waals surface area contributed by atoms with Gasteiger partial charge in [0, 0.05) is 56.1 Å². The predicted molar refractivity (Wildman–Crippen MR) is 123 cm³/mol. The Kier molecular flexibility index (Phi) is 6.05. The highest BCUT2D eigenvalue weighted by atomic mass is 16.6. The molecule has 3 aliphatic rings. The summed E-state index contributed by atoms with van der Waals surface area (Å²) in [5.41, 5.74) is 3.10. The minimum Gasteiger partial charge on any atom is -0.444 e. The SMILES string of the molecule is CN(C(=O)OC(C)(C)C)C1CCN(c2cccc3c2CCN3[C@H]2CCC(=O)NC2=O)CC1. The largest absolute Gasteiger partial charge is 0.444 e. The van der Waals surface area contributed by atoms with Gasteiger partial charge in [0.2, 0.25) is 11.8 Å². The third kappa shape index (κ3) is 4.54. The number of hydrogen-bond acceptors (Lipinski definition) is 6. The molecule has 3 aliphatic heterocycles. The van der Waals surface area contributed by atoms with E-state index in [2.05, 4.69) is 33.3 Å². The molecule has 1 N–H and O–H groups in total. The summed E-state index contributed by atoms with van der Waals surface area (Å²) in [6, 6.07) is 6.18. The molecule has 0 unspecified atom stereocenters. The Bertz CT molecular complexity index is 902. The van der Waals surface area contributed by atoms with Crippen molar-refractivity contribution in [2.24, 2.45) is 0 Å². The molecule has 174 valence electrons. The van der Waals surface area contributed by atoms with Crippen LogP contribution in [-0.4, -0.2) is 67.2 Å². The van der Waals surface area contributed by atoms with E-state index in [9.17, 15) is 14.4 Å². The first-order chi connectivity index (χ1) is 15.1. The lowest BCUT2D eigenvalue weighted by Gasteiger charge is -2.39. The van der Waals surface area contributed by atoms with Gasteiger partial charge in [-0.1, -0.05) is 6.07 Å². The fourth-order valence-corrected chi connectivity index (χ4v) is 5.02. The van der Waals surface area contributed by atoms with Gasteiger partial charge in [-0.3, -0.25) is 14.9 Å². The number of amides is 3. The lowest BCUT2D eigenvalue weighted by Crippen LogP contribution is -2.52. The average Bonchev–Trinajstić information content (AvgIpc) is 3.16. The summed E-state index contributed by atoms with van der Waals surface area (Å²) < 4.78 is 5.52. The third-order valence-electron chi connectivity index (χ3n) is 6.66. The normalized spacial score (nSPS) is 21.9. The first-order valence-corrected chi connectivity index (χ1v) is 11.6. The molecular weight excluding hydrogens is 408 g/mol. The highest BCUT2D eigenvalue weighted by Crippen LogP contribution is 2.38. The van der Waals surface area contributed by atoms with Gasteiger partial charge < -0.3 is 19.4 Å². The molecule has 8 nitrogen and oxygen atoms in total. The summed E-state index contributed by atoms with van der Waals surface area (Å²) in [5.74, 6) is -0.371. The first kappa shape index (κ1) is 22.4. The van der Waals surface area contributed by atoms with E-state index in [0.29, 0.717) is 12.8 Å². The number of nitrogens with zero attached hydrogens (tertiary/aromatic N) is 3. The topological polar surface area (TPSA) is 82.2 Å². The molecule has 3 heterocycles. The number of benzene rings is 1. The molecule has 0 bridgehead atoms. The van der Waals surface area contributed by atoms with Crippen LogP contribution >= 0.6 is 0 Å². The molecule has 32 heavy (non-hydrogen) atoms. The van der Waals surface area contributed by atoms with Gasteiger partial charge in [0.05, 0.1) is 0 Å². The smallest absolute Gasteiger partial charge is 0.410 e. The minimum atomic E-state index is -0.495. The van der Waals surface area contributed by atoms with Crippen LogP contribution in [0.25, 0.3) is 0 Å². The van der Waals surface area contributed by atoms with E-state index in [1.807, 2.05) is 27.8 Å². The van der Waals surface area contributed by atoms with E-state index in [4.69, 9.17) is 4.74 Å². The zero-order chi connectivity index (χ0) is 23.0. The molecule has 2 saturated heterocycles. The van der Waals surface area contributed by atoms with E-state index in [1.165, 1.54) is 11.3 Å². The maximum Gasteiger partial charge on any atom is 0.410 e. The van der Waals surface area contributed by atoms with Crippen molar-refractivity contribution in [1.82, 2.24) is 10.2 Å². The van der Waals surface area contributed by atoms with Crippen LogP contribution in [0, 0.1) is 0 Å². The molecule has 1 aromatic rings. The second-order valence-electron chi connectivity index (χ2n) is 9.99. The Balaban J connectivity index is 1.42. The maximum atomic E-state index is 12.4. The number of imide groups is 1. The summed E-state index contributed by atoms with van der Waals surface area (Å²) in [6.45, 7) is 8.18. The quantitative estimate of drug-likeness (QED) is 0.725. The van der Waals surface area contributed by atoms with E-state index in [-0.39, 0.29) is 30.0 Å². The monoisotopic (exact) mass is 442 g/mol. The number of carbonyl (C=O) groups is 3. The van der Waals surface area contributed by atoms with Crippen molar-refractivity contribution in [3.8, 4) is 0 Å². The van der Waals surface area contributed by atoms with Crippen molar-refractivity contribution < 1.29 is 19.1 Å². The molecule has 0 spiro atoms. The lowest BCUT2D eigenvalue weighted by atomic mass is 10.0. The maximum absolute atomic E-state index is 12.4. The lowest BCUT2D eigenvalue weighted by molar-refractivity contribution is -0.134. The molecule has 1 atom stereocenters. The van der Waals surface area contributed by atoms with Crippen LogP contribution in [0.4, 0.5) is 16.2 Å². The van der Waals surface area contributed by atoms with E-state index >= 15 is 0 Å². The van der Waals surface area contributed by atoms with Crippen molar-refractivity contribution in [2.75, 3.05) is 36.5 Å². The summed E-state index contributed by atoms with van der Waals surface area (Å²) >= 11 is 0. The number of rotatable bonds is 3. The Labute approximate surface area is 189 Å². The van der Waals surface area contributed by atoms with E-state index < -0.39 is 5.60 Å². The van der Waals surface area contributed by atoms with Crippen molar-refractivity contribution >= 4 is 29.3 Å². The van der Waals surface area contributed by atoms with Crippen LogP contribution in [0.1, 0.15) is 52.0 Å². The zero-order valence-electron chi connectivity index (χ0n) is 19.5. The van der Waals surface area contributed by atoms with E-state index in [0.717, 1.165) is 44.6 Å². The van der Waals surface area contributed by atoms with Gasteiger partial charge in [-0.25, -0.2) is 4.79 Å². The molecule has 0 aliphatic carbocycles. The van der Waals surface area contributed by atoms with Crippen LogP contribution in [-0.2, 0) is 20.7 Å². The summed E-state index contributed by atoms with van der Waals surface area (Å²) in [5, 5.41) is 2.48. The highest BCUT2D eigenvalue weighted by Gasteiger charge is 2.36. The average molecular weight is 443 g/mol. The second kappa shape index (κ2) is 8.64. The zero-order valence-corrected chi connectivity index (χ0v) is 19.5. The minimum absolute atomic E-state index is 0.165. The van der Waals surface area contributed by atoms with E-state index in [1.54, 1.807) is 4.90 Å². The number of fused-ring (bicyclic) bond motifs is 1.